The molecule has 106 valence electrons. The van der Waals surface area contributed by atoms with Crippen LogP contribution in [0.4, 0.5) is 0 Å². The molecule has 0 N–H and O–H groups in total. The molecule has 0 bridgehead atoms. The van der Waals surface area contributed by atoms with Crippen LogP contribution in [-0.2, 0) is 0 Å². The topological polar surface area (TPSA) is 38.9 Å². The van der Waals surface area contributed by atoms with Crippen LogP contribution in [0.2, 0.25) is 15.3 Å². The molecule has 3 nitrogen and oxygen atoms in total. The second-order valence-corrected chi connectivity index (χ2v) is 6.06. The summed E-state index contributed by atoms with van der Waals surface area (Å²) in [5, 5.41) is 0.944. The van der Waals surface area contributed by atoms with E-state index in [4.69, 9.17) is 39.2 Å². The van der Waals surface area contributed by atoms with Crippen molar-refractivity contribution >= 4 is 50.7 Å². The number of hydrogen-bond acceptors (Lipinski definition) is 3. The second-order valence-electron chi connectivity index (χ2n) is 4.08. The summed E-state index contributed by atoms with van der Waals surface area (Å²) in [7, 11) is 0. The Labute approximate surface area is 144 Å². The minimum atomic E-state index is 0.210. The van der Waals surface area contributed by atoms with Gasteiger partial charge in [-0.05, 0) is 28.1 Å². The Bertz CT molecular complexity index is 796. The first-order chi connectivity index (χ1) is 10.1. The van der Waals surface area contributed by atoms with E-state index in [1.807, 2.05) is 12.1 Å². The van der Waals surface area contributed by atoms with Crippen LogP contribution < -0.4 is 0 Å². The summed E-state index contributed by atoms with van der Waals surface area (Å²) in [6.45, 7) is 0. The lowest BCUT2D eigenvalue weighted by molar-refractivity contribution is 0.576. The zero-order valence-electron chi connectivity index (χ0n) is 10.3. The Morgan fingerprint density at radius 1 is 0.952 bits per heavy atom. The van der Waals surface area contributed by atoms with Gasteiger partial charge in [0.1, 0.15) is 10.3 Å². The van der Waals surface area contributed by atoms with Gasteiger partial charge in [-0.1, -0.05) is 53.0 Å². The number of nitrogens with zero attached hydrogens (tertiary/aromatic N) is 2. The molecule has 0 fully saturated rings. The van der Waals surface area contributed by atoms with Gasteiger partial charge in [-0.3, -0.25) is 0 Å². The van der Waals surface area contributed by atoms with Crippen LogP contribution in [-0.4, -0.2) is 9.97 Å². The first-order valence-electron chi connectivity index (χ1n) is 5.79. The molecule has 3 aromatic rings. The maximum atomic E-state index is 6.26. The molecule has 0 aliphatic heterocycles. The van der Waals surface area contributed by atoms with Crippen molar-refractivity contribution in [2.24, 2.45) is 0 Å². The molecule has 7 heteroatoms. The van der Waals surface area contributed by atoms with Gasteiger partial charge >= 0.3 is 0 Å². The third-order valence-corrected chi connectivity index (χ3v) is 4.29. The molecule has 0 saturated carbocycles. The standard InChI is InChI=1S/C14H6BrCl3N2O/c15-8-5-6-21-11(8)14-19-12(17)10(13(18)20-14)7-3-1-2-4-9(7)16/h1-6H. The summed E-state index contributed by atoms with van der Waals surface area (Å²) in [6.07, 6.45) is 1.52. The first kappa shape index (κ1) is 14.9. The predicted octanol–water partition coefficient (Wildman–Crippen LogP) is 6.13. The van der Waals surface area contributed by atoms with Crippen LogP contribution in [0.25, 0.3) is 22.7 Å². The van der Waals surface area contributed by atoms with Crippen LogP contribution in [0.5, 0.6) is 0 Å². The highest BCUT2D eigenvalue weighted by molar-refractivity contribution is 9.10. The van der Waals surface area contributed by atoms with E-state index in [0.717, 1.165) is 4.47 Å². The molecule has 0 aliphatic rings. The van der Waals surface area contributed by atoms with Crippen molar-refractivity contribution < 1.29 is 4.42 Å². The van der Waals surface area contributed by atoms with Crippen molar-refractivity contribution in [3.8, 4) is 22.7 Å². The van der Waals surface area contributed by atoms with E-state index in [-0.39, 0.29) is 10.3 Å². The molecule has 0 amide bonds. The van der Waals surface area contributed by atoms with Crippen molar-refractivity contribution in [1.29, 1.82) is 0 Å². The minimum Gasteiger partial charge on any atom is -0.460 e. The summed E-state index contributed by atoms with van der Waals surface area (Å²) in [5.74, 6) is 0.766. The Morgan fingerprint density at radius 3 is 2.19 bits per heavy atom. The van der Waals surface area contributed by atoms with Crippen LogP contribution in [0.3, 0.4) is 0 Å². The molecule has 2 aromatic heterocycles. The van der Waals surface area contributed by atoms with Crippen molar-refractivity contribution in [3.63, 3.8) is 0 Å². The fraction of sp³-hybridized carbons (Fsp3) is 0. The van der Waals surface area contributed by atoms with Crippen molar-refractivity contribution in [1.82, 2.24) is 9.97 Å². The molecular weight excluding hydrogens is 398 g/mol. The average Bonchev–Trinajstić information content (AvgIpc) is 2.86. The monoisotopic (exact) mass is 402 g/mol. The van der Waals surface area contributed by atoms with E-state index in [9.17, 15) is 0 Å². The number of rotatable bonds is 2. The van der Waals surface area contributed by atoms with E-state index in [1.54, 1.807) is 18.2 Å². The summed E-state index contributed by atoms with van der Waals surface area (Å²) in [5.41, 5.74) is 1.18. The SMILES string of the molecule is Clc1ccccc1-c1c(Cl)nc(-c2occc2Br)nc1Cl. The lowest BCUT2D eigenvalue weighted by atomic mass is 10.1. The van der Waals surface area contributed by atoms with Crippen molar-refractivity contribution in [2.75, 3.05) is 0 Å². The molecule has 2 heterocycles. The highest BCUT2D eigenvalue weighted by Crippen LogP contribution is 2.38. The smallest absolute Gasteiger partial charge is 0.199 e. The zero-order chi connectivity index (χ0) is 15.0. The van der Waals surface area contributed by atoms with E-state index in [2.05, 4.69) is 25.9 Å². The number of hydrogen-bond donors (Lipinski definition) is 0. The average molecular weight is 404 g/mol. The minimum absolute atomic E-state index is 0.210. The largest absolute Gasteiger partial charge is 0.460 e. The summed E-state index contributed by atoms with van der Waals surface area (Å²) >= 11 is 22.0. The number of halogens is 4. The maximum absolute atomic E-state index is 6.26. The Balaban J connectivity index is 2.18. The molecule has 0 saturated heterocycles. The molecule has 0 unspecified atom stereocenters. The third-order valence-electron chi connectivity index (χ3n) is 2.78. The quantitative estimate of drug-likeness (QED) is 0.483. The fourth-order valence-corrected chi connectivity index (χ4v) is 3.05. The Morgan fingerprint density at radius 2 is 1.62 bits per heavy atom. The van der Waals surface area contributed by atoms with Gasteiger partial charge in [0.25, 0.3) is 0 Å². The summed E-state index contributed by atoms with van der Waals surface area (Å²) < 4.78 is 6.04. The van der Waals surface area contributed by atoms with Crippen LogP contribution in [0.15, 0.2) is 45.5 Å². The number of benzene rings is 1. The van der Waals surface area contributed by atoms with Gasteiger partial charge in [-0.25, -0.2) is 9.97 Å². The van der Waals surface area contributed by atoms with Crippen molar-refractivity contribution in [3.05, 3.63) is 56.4 Å². The summed E-state index contributed by atoms with van der Waals surface area (Å²) in [4.78, 5) is 8.48. The van der Waals surface area contributed by atoms with E-state index < -0.39 is 0 Å². The Hall–Kier alpha value is -1.07. The van der Waals surface area contributed by atoms with Crippen LogP contribution >= 0.6 is 50.7 Å². The molecular formula is C14H6BrCl3N2O. The normalized spacial score (nSPS) is 10.9. The van der Waals surface area contributed by atoms with Gasteiger partial charge in [-0.15, -0.1) is 0 Å². The molecule has 21 heavy (non-hydrogen) atoms. The number of furan rings is 1. The molecule has 0 spiro atoms. The summed E-state index contributed by atoms with van der Waals surface area (Å²) in [6, 6.07) is 8.96. The first-order valence-corrected chi connectivity index (χ1v) is 7.72. The predicted molar refractivity (Wildman–Crippen MR) is 87.9 cm³/mol. The van der Waals surface area contributed by atoms with E-state index >= 15 is 0 Å². The third kappa shape index (κ3) is 2.81. The van der Waals surface area contributed by atoms with E-state index in [0.29, 0.717) is 27.7 Å². The van der Waals surface area contributed by atoms with Crippen molar-refractivity contribution in [2.45, 2.75) is 0 Å². The van der Waals surface area contributed by atoms with E-state index in [1.165, 1.54) is 6.26 Å². The highest BCUT2D eigenvalue weighted by atomic mass is 79.9. The van der Waals surface area contributed by atoms with Gasteiger partial charge in [-0.2, -0.15) is 0 Å². The molecule has 0 radical (unpaired) electrons. The molecule has 1 aromatic carbocycles. The fourth-order valence-electron chi connectivity index (χ4n) is 1.85. The van der Waals surface area contributed by atoms with Gasteiger partial charge < -0.3 is 4.42 Å². The Kier molecular flexibility index (Phi) is 4.22. The maximum Gasteiger partial charge on any atom is 0.199 e. The second kappa shape index (κ2) is 5.97. The highest BCUT2D eigenvalue weighted by Gasteiger charge is 2.19. The molecule has 0 aliphatic carbocycles. The van der Waals surface area contributed by atoms with Gasteiger partial charge in [0.15, 0.2) is 11.6 Å². The van der Waals surface area contributed by atoms with Gasteiger partial charge in [0.05, 0.1) is 16.3 Å². The number of aromatic nitrogens is 2. The lowest BCUT2D eigenvalue weighted by Gasteiger charge is -2.09. The lowest BCUT2D eigenvalue weighted by Crippen LogP contribution is -1.94. The van der Waals surface area contributed by atoms with Gasteiger partial charge in [0, 0.05) is 10.6 Å². The van der Waals surface area contributed by atoms with Crippen LogP contribution in [0.1, 0.15) is 0 Å². The molecule has 0 atom stereocenters. The molecule has 3 rings (SSSR count). The van der Waals surface area contributed by atoms with Crippen LogP contribution in [0, 0.1) is 0 Å². The zero-order valence-corrected chi connectivity index (χ0v) is 14.1. The van der Waals surface area contributed by atoms with Gasteiger partial charge in [0.2, 0.25) is 0 Å².